The van der Waals surface area contributed by atoms with Crippen LogP contribution in [0.25, 0.3) is 0 Å². The highest BCUT2D eigenvalue weighted by Crippen LogP contribution is 2.29. The van der Waals surface area contributed by atoms with E-state index in [1.807, 2.05) is 50.6 Å². The molecule has 2 aromatic rings. The van der Waals surface area contributed by atoms with Crippen molar-refractivity contribution in [2.75, 3.05) is 20.3 Å². The summed E-state index contributed by atoms with van der Waals surface area (Å²) in [6, 6.07) is 4.00. The fraction of sp³-hybridized carbons (Fsp3) is 0.444. The molecule has 1 aromatic carbocycles. The number of nitrogens with zero attached hydrogens (tertiary/aromatic N) is 1. The quantitative estimate of drug-likeness (QED) is 0.747. The van der Waals surface area contributed by atoms with E-state index in [1.54, 1.807) is 18.4 Å². The Morgan fingerprint density at radius 3 is 2.25 bits per heavy atom. The number of hydrogen-bond acceptors (Lipinski definition) is 4. The summed E-state index contributed by atoms with van der Waals surface area (Å²) in [4.78, 5) is 0.436. The fourth-order valence-electron chi connectivity index (χ4n) is 2.76. The first-order chi connectivity index (χ1) is 11.3. The van der Waals surface area contributed by atoms with Crippen LogP contribution in [0.2, 0.25) is 0 Å². The number of methoxy groups -OCH3 is 1. The number of aryl methyl sites for hydroxylation is 2. The van der Waals surface area contributed by atoms with Gasteiger partial charge < -0.3 is 4.74 Å². The third-order valence-electron chi connectivity index (χ3n) is 4.38. The van der Waals surface area contributed by atoms with Gasteiger partial charge in [0.2, 0.25) is 10.0 Å². The standard InChI is InChI=1S/C18H25NO3S2/c1-13-10-14(2)16(4)18(15(13)3)24(20,21)19(7-8-22-5)11-17-6-9-23-12-17/h6,9-10,12H,7-8,11H2,1-5H3. The van der Waals surface area contributed by atoms with Gasteiger partial charge in [-0.3, -0.25) is 0 Å². The lowest BCUT2D eigenvalue weighted by atomic mass is 10.0. The van der Waals surface area contributed by atoms with Crippen LogP contribution in [-0.2, 0) is 21.3 Å². The Hall–Kier alpha value is -1.21. The molecule has 1 heterocycles. The SMILES string of the molecule is COCCN(Cc1ccsc1)S(=O)(=O)c1c(C)c(C)cc(C)c1C. The van der Waals surface area contributed by atoms with E-state index in [-0.39, 0.29) is 0 Å². The molecule has 0 aliphatic heterocycles. The summed E-state index contributed by atoms with van der Waals surface area (Å²) in [5.74, 6) is 0. The van der Waals surface area contributed by atoms with E-state index in [4.69, 9.17) is 4.74 Å². The second-order valence-electron chi connectivity index (χ2n) is 6.05. The molecular formula is C18H25NO3S2. The van der Waals surface area contributed by atoms with Gasteiger partial charge in [-0.25, -0.2) is 8.42 Å². The number of sulfonamides is 1. The van der Waals surface area contributed by atoms with Crippen molar-refractivity contribution in [3.63, 3.8) is 0 Å². The lowest BCUT2D eigenvalue weighted by Crippen LogP contribution is -2.34. The Balaban J connectivity index is 2.52. The van der Waals surface area contributed by atoms with Crippen LogP contribution in [0, 0.1) is 27.7 Å². The maximum atomic E-state index is 13.4. The average Bonchev–Trinajstić information content (AvgIpc) is 3.02. The molecule has 0 saturated heterocycles. The molecule has 1 aromatic heterocycles. The van der Waals surface area contributed by atoms with Gasteiger partial charge in [0.05, 0.1) is 11.5 Å². The summed E-state index contributed by atoms with van der Waals surface area (Å²) in [5, 5.41) is 3.94. The Bertz CT molecular complexity index is 770. The van der Waals surface area contributed by atoms with Crippen LogP contribution in [0.15, 0.2) is 27.8 Å². The van der Waals surface area contributed by atoms with E-state index in [9.17, 15) is 8.42 Å². The molecule has 0 fully saturated rings. The van der Waals surface area contributed by atoms with Gasteiger partial charge in [0.15, 0.2) is 0 Å². The molecule has 4 nitrogen and oxygen atoms in total. The maximum absolute atomic E-state index is 13.4. The molecule has 0 radical (unpaired) electrons. The highest BCUT2D eigenvalue weighted by atomic mass is 32.2. The second kappa shape index (κ2) is 7.78. The number of rotatable bonds is 7. The summed E-state index contributed by atoms with van der Waals surface area (Å²) in [6.07, 6.45) is 0. The van der Waals surface area contributed by atoms with Crippen molar-refractivity contribution in [1.29, 1.82) is 0 Å². The molecule has 6 heteroatoms. The van der Waals surface area contributed by atoms with Crippen LogP contribution < -0.4 is 0 Å². The van der Waals surface area contributed by atoms with Gasteiger partial charge in [-0.1, -0.05) is 6.07 Å². The normalized spacial score (nSPS) is 12.1. The molecular weight excluding hydrogens is 342 g/mol. The van der Waals surface area contributed by atoms with Crippen molar-refractivity contribution in [1.82, 2.24) is 4.31 Å². The summed E-state index contributed by atoms with van der Waals surface area (Å²) in [5.41, 5.74) is 4.65. The van der Waals surface area contributed by atoms with Crippen LogP contribution in [0.1, 0.15) is 27.8 Å². The lowest BCUT2D eigenvalue weighted by Gasteiger charge is -2.25. The predicted molar refractivity (Wildman–Crippen MR) is 99.2 cm³/mol. The van der Waals surface area contributed by atoms with Crippen molar-refractivity contribution >= 4 is 21.4 Å². The molecule has 0 saturated carbocycles. The largest absolute Gasteiger partial charge is 0.383 e. The second-order valence-corrected chi connectivity index (χ2v) is 8.71. The summed E-state index contributed by atoms with van der Waals surface area (Å²) in [6.45, 7) is 8.74. The zero-order valence-electron chi connectivity index (χ0n) is 14.9. The first-order valence-corrected chi connectivity index (χ1v) is 10.2. The minimum absolute atomic E-state index is 0.334. The van der Waals surface area contributed by atoms with Crippen molar-refractivity contribution in [3.8, 4) is 0 Å². The number of ether oxygens (including phenoxy) is 1. The van der Waals surface area contributed by atoms with Crippen LogP contribution in [0.5, 0.6) is 0 Å². The first-order valence-electron chi connectivity index (χ1n) is 7.86. The van der Waals surface area contributed by atoms with E-state index >= 15 is 0 Å². The van der Waals surface area contributed by atoms with Gasteiger partial charge in [0.1, 0.15) is 0 Å². The lowest BCUT2D eigenvalue weighted by molar-refractivity contribution is 0.177. The molecule has 0 aliphatic carbocycles. The fourth-order valence-corrected chi connectivity index (χ4v) is 5.41. The highest BCUT2D eigenvalue weighted by molar-refractivity contribution is 7.89. The molecule has 132 valence electrons. The van der Waals surface area contributed by atoms with E-state index in [1.165, 1.54) is 4.31 Å². The van der Waals surface area contributed by atoms with Crippen molar-refractivity contribution in [3.05, 3.63) is 50.7 Å². The van der Waals surface area contributed by atoms with Gasteiger partial charge in [-0.2, -0.15) is 15.6 Å². The number of thiophene rings is 1. The van der Waals surface area contributed by atoms with Crippen LogP contribution in [-0.4, -0.2) is 33.0 Å². The average molecular weight is 368 g/mol. The Morgan fingerprint density at radius 1 is 1.12 bits per heavy atom. The zero-order valence-corrected chi connectivity index (χ0v) is 16.6. The Labute approximate surface area is 149 Å². The monoisotopic (exact) mass is 367 g/mol. The van der Waals surface area contributed by atoms with Gasteiger partial charge in [0, 0.05) is 20.2 Å². The Morgan fingerprint density at radius 2 is 1.75 bits per heavy atom. The van der Waals surface area contributed by atoms with Crippen molar-refractivity contribution in [2.45, 2.75) is 39.1 Å². The van der Waals surface area contributed by atoms with Gasteiger partial charge in [-0.15, -0.1) is 0 Å². The van der Waals surface area contributed by atoms with Gasteiger partial charge >= 0.3 is 0 Å². The topological polar surface area (TPSA) is 46.6 Å². The molecule has 24 heavy (non-hydrogen) atoms. The van der Waals surface area contributed by atoms with E-state index in [0.717, 1.165) is 27.8 Å². The molecule has 0 spiro atoms. The van der Waals surface area contributed by atoms with E-state index in [2.05, 4.69) is 0 Å². The summed E-state index contributed by atoms with van der Waals surface area (Å²) in [7, 11) is -2.01. The van der Waals surface area contributed by atoms with Gasteiger partial charge in [0.25, 0.3) is 0 Å². The summed E-state index contributed by atoms with van der Waals surface area (Å²) >= 11 is 1.57. The number of hydrogen-bond donors (Lipinski definition) is 0. The molecule has 0 atom stereocenters. The summed E-state index contributed by atoms with van der Waals surface area (Å²) < 4.78 is 33.4. The maximum Gasteiger partial charge on any atom is 0.244 e. The minimum Gasteiger partial charge on any atom is -0.383 e. The van der Waals surface area contributed by atoms with E-state index < -0.39 is 10.0 Å². The molecule has 0 aliphatic rings. The van der Waals surface area contributed by atoms with Gasteiger partial charge in [-0.05, 0) is 72.3 Å². The first kappa shape index (κ1) is 19.1. The van der Waals surface area contributed by atoms with Crippen LogP contribution in [0.4, 0.5) is 0 Å². The number of benzene rings is 1. The molecule has 0 amide bonds. The molecule has 0 unspecified atom stereocenters. The Kier molecular flexibility index (Phi) is 6.20. The third-order valence-corrected chi connectivity index (χ3v) is 7.23. The smallest absolute Gasteiger partial charge is 0.244 e. The zero-order chi connectivity index (χ0) is 17.9. The predicted octanol–water partition coefficient (Wildman–Crippen LogP) is 3.82. The van der Waals surface area contributed by atoms with E-state index in [0.29, 0.717) is 24.6 Å². The van der Waals surface area contributed by atoms with Crippen molar-refractivity contribution < 1.29 is 13.2 Å². The van der Waals surface area contributed by atoms with Crippen LogP contribution in [0.3, 0.4) is 0 Å². The molecule has 0 N–H and O–H groups in total. The molecule has 0 bridgehead atoms. The third kappa shape index (κ3) is 3.88. The van der Waals surface area contributed by atoms with Crippen molar-refractivity contribution in [2.24, 2.45) is 0 Å². The minimum atomic E-state index is -3.60. The highest BCUT2D eigenvalue weighted by Gasteiger charge is 2.29. The molecule has 2 rings (SSSR count). The van der Waals surface area contributed by atoms with Crippen LogP contribution >= 0.6 is 11.3 Å².